The average molecular weight is 447 g/mol. The summed E-state index contributed by atoms with van der Waals surface area (Å²) in [6.07, 6.45) is 0. The van der Waals surface area contributed by atoms with Crippen LogP contribution in [0.1, 0.15) is 13.8 Å². The zero-order valence-corrected chi connectivity index (χ0v) is 20.9. The molecule has 0 saturated carbocycles. The number of rotatable bonds is 4. The van der Waals surface area contributed by atoms with Crippen molar-refractivity contribution in [3.8, 4) is 5.75 Å². The molecule has 0 radical (unpaired) electrons. The molecule has 1 N–H and O–H groups in total. The number of benzene rings is 2. The molecule has 28 heavy (non-hydrogen) atoms. The minimum Gasteiger partial charge on any atom is -0.744 e. The SMILES string of the molecule is CC(=O)Nc1cc(S(=O)(=O)[O-])cc2cc(S(=O)(=O)[O-])cc(OC(C)=O)c12.[Na+].[Na+]. The normalized spacial score (nSPS) is 11.1. The van der Waals surface area contributed by atoms with Gasteiger partial charge in [0.1, 0.15) is 26.0 Å². The monoisotopic (exact) mass is 447 g/mol. The van der Waals surface area contributed by atoms with E-state index in [4.69, 9.17) is 4.74 Å². The molecule has 1 amide bonds. The van der Waals surface area contributed by atoms with Crippen molar-refractivity contribution in [2.75, 3.05) is 5.32 Å². The van der Waals surface area contributed by atoms with E-state index < -0.39 is 47.7 Å². The number of carbonyl (C=O) groups is 2. The van der Waals surface area contributed by atoms with Crippen LogP contribution >= 0.6 is 0 Å². The van der Waals surface area contributed by atoms with Crippen LogP contribution in [0.3, 0.4) is 0 Å². The maximum atomic E-state index is 11.4. The Morgan fingerprint density at radius 2 is 1.36 bits per heavy atom. The third-order valence-corrected chi connectivity index (χ3v) is 4.73. The van der Waals surface area contributed by atoms with Crippen LogP contribution in [-0.4, -0.2) is 37.8 Å². The van der Waals surface area contributed by atoms with E-state index in [1.165, 1.54) is 0 Å². The predicted octanol–water partition coefficient (Wildman–Crippen LogP) is -5.46. The van der Waals surface area contributed by atoms with Gasteiger partial charge in [-0.05, 0) is 29.7 Å². The number of fused-ring (bicyclic) bond motifs is 1. The molecule has 140 valence electrons. The first-order valence-corrected chi connectivity index (χ1v) is 9.60. The van der Waals surface area contributed by atoms with Gasteiger partial charge >= 0.3 is 65.1 Å². The fourth-order valence-corrected chi connectivity index (χ4v) is 3.29. The van der Waals surface area contributed by atoms with Gasteiger partial charge in [0, 0.05) is 19.2 Å². The van der Waals surface area contributed by atoms with Crippen molar-refractivity contribution in [3.05, 3.63) is 24.3 Å². The fraction of sp³-hybridized carbons (Fsp3) is 0.143. The summed E-state index contributed by atoms with van der Waals surface area (Å²) < 4.78 is 72.8. The van der Waals surface area contributed by atoms with Gasteiger partial charge in [0.15, 0.2) is 0 Å². The van der Waals surface area contributed by atoms with Gasteiger partial charge in [-0.15, -0.1) is 0 Å². The molecule has 0 atom stereocenters. The summed E-state index contributed by atoms with van der Waals surface area (Å²) in [5, 5.41) is 2.00. The van der Waals surface area contributed by atoms with Crippen molar-refractivity contribution in [1.29, 1.82) is 0 Å². The molecule has 0 spiro atoms. The Kier molecular flexibility index (Phi) is 9.79. The van der Waals surface area contributed by atoms with E-state index in [-0.39, 0.29) is 75.6 Å². The average Bonchev–Trinajstić information content (AvgIpc) is 2.43. The number of nitrogens with one attached hydrogen (secondary N) is 1. The molecule has 0 unspecified atom stereocenters. The first kappa shape index (κ1) is 27.5. The topological polar surface area (TPSA) is 170 Å². The number of hydrogen-bond acceptors (Lipinski definition) is 9. The van der Waals surface area contributed by atoms with Crippen molar-refractivity contribution < 1.29 is 99.4 Å². The molecule has 0 aliphatic carbocycles. The molecule has 2 aromatic carbocycles. The summed E-state index contributed by atoms with van der Waals surface area (Å²) in [7, 11) is -9.97. The Morgan fingerprint density at radius 3 is 1.75 bits per heavy atom. The van der Waals surface area contributed by atoms with Crippen LogP contribution in [0.25, 0.3) is 10.8 Å². The van der Waals surface area contributed by atoms with Crippen molar-refractivity contribution >= 4 is 48.6 Å². The maximum Gasteiger partial charge on any atom is 1.00 e. The van der Waals surface area contributed by atoms with Gasteiger partial charge in [-0.25, -0.2) is 16.8 Å². The summed E-state index contributed by atoms with van der Waals surface area (Å²) in [5.41, 5.74) is -0.212. The summed E-state index contributed by atoms with van der Waals surface area (Å²) in [6, 6.07) is 3.22. The van der Waals surface area contributed by atoms with E-state index in [1.54, 1.807) is 0 Å². The second kappa shape index (κ2) is 9.98. The van der Waals surface area contributed by atoms with E-state index in [9.17, 15) is 35.5 Å². The van der Waals surface area contributed by atoms with Gasteiger partial charge in [-0.3, -0.25) is 9.59 Å². The molecule has 0 saturated heterocycles. The first-order chi connectivity index (χ1) is 11.8. The van der Waals surface area contributed by atoms with Crippen LogP contribution in [0.4, 0.5) is 5.69 Å². The van der Waals surface area contributed by atoms with Crippen LogP contribution in [0.15, 0.2) is 34.1 Å². The molecule has 0 aromatic heterocycles. The second-order valence-corrected chi connectivity index (χ2v) is 7.93. The molecular weight excluding hydrogens is 436 g/mol. The third-order valence-electron chi connectivity index (χ3n) is 3.10. The number of ether oxygens (including phenoxy) is 1. The fourth-order valence-electron chi connectivity index (χ4n) is 2.23. The van der Waals surface area contributed by atoms with Crippen LogP contribution in [0.2, 0.25) is 0 Å². The van der Waals surface area contributed by atoms with Gasteiger partial charge in [0.25, 0.3) is 0 Å². The molecule has 0 heterocycles. The van der Waals surface area contributed by atoms with Crippen LogP contribution in [-0.2, 0) is 29.8 Å². The summed E-state index contributed by atoms with van der Waals surface area (Å²) >= 11 is 0. The van der Waals surface area contributed by atoms with Gasteiger partial charge in [-0.2, -0.15) is 0 Å². The quantitative estimate of drug-likeness (QED) is 0.208. The number of anilines is 1. The van der Waals surface area contributed by atoms with Crippen LogP contribution in [0, 0.1) is 0 Å². The smallest absolute Gasteiger partial charge is 0.744 e. The minimum atomic E-state index is -4.99. The van der Waals surface area contributed by atoms with Gasteiger partial charge in [-0.1, -0.05) is 0 Å². The first-order valence-electron chi connectivity index (χ1n) is 6.78. The Hall–Kier alpha value is -0.540. The van der Waals surface area contributed by atoms with E-state index in [0.29, 0.717) is 0 Å². The van der Waals surface area contributed by atoms with Crippen molar-refractivity contribution in [3.63, 3.8) is 0 Å². The van der Waals surface area contributed by atoms with Gasteiger partial charge in [0.2, 0.25) is 5.91 Å². The minimum absolute atomic E-state index is 0. The van der Waals surface area contributed by atoms with E-state index in [2.05, 4.69) is 5.32 Å². The van der Waals surface area contributed by atoms with Crippen molar-refractivity contribution in [1.82, 2.24) is 0 Å². The van der Waals surface area contributed by atoms with Crippen molar-refractivity contribution in [2.24, 2.45) is 0 Å². The largest absolute Gasteiger partial charge is 1.00 e. The van der Waals surface area contributed by atoms with E-state index in [1.807, 2.05) is 0 Å². The predicted molar refractivity (Wildman–Crippen MR) is 85.5 cm³/mol. The molecule has 14 heteroatoms. The molecule has 2 rings (SSSR count). The van der Waals surface area contributed by atoms with Crippen molar-refractivity contribution in [2.45, 2.75) is 23.6 Å². The molecule has 0 bridgehead atoms. The summed E-state index contributed by atoms with van der Waals surface area (Å²) in [4.78, 5) is 21.1. The van der Waals surface area contributed by atoms with Crippen LogP contribution in [0.5, 0.6) is 5.75 Å². The van der Waals surface area contributed by atoms with Crippen LogP contribution < -0.4 is 69.2 Å². The number of carbonyl (C=O) groups excluding carboxylic acids is 2. The Morgan fingerprint density at radius 1 is 0.893 bits per heavy atom. The molecule has 0 aliphatic heterocycles. The zero-order chi connectivity index (χ0) is 19.9. The number of esters is 1. The molecule has 0 fully saturated rings. The molecule has 10 nitrogen and oxygen atoms in total. The standard InChI is InChI=1S/C14H13NO9S2.2Na/c1-7(16)15-12-5-10(25(18,19)20)3-9-4-11(26(21,22)23)6-13(14(9)12)24-8(2)17;;/h3-6H,1-2H3,(H,15,16)(H,18,19,20)(H,21,22,23);;/q;2*+1/p-2. The third kappa shape index (κ3) is 6.76. The maximum absolute atomic E-state index is 11.4. The van der Waals surface area contributed by atoms with Gasteiger partial charge in [0.05, 0.1) is 15.5 Å². The zero-order valence-electron chi connectivity index (χ0n) is 15.3. The Balaban J connectivity index is 0.00000364. The van der Waals surface area contributed by atoms with Gasteiger partial charge < -0.3 is 19.2 Å². The molecule has 2 aromatic rings. The molecule has 0 aliphatic rings. The summed E-state index contributed by atoms with van der Waals surface area (Å²) in [5.74, 6) is -1.90. The Labute approximate surface area is 205 Å². The van der Waals surface area contributed by atoms with E-state index in [0.717, 1.165) is 38.1 Å². The number of amides is 1. The second-order valence-electron chi connectivity index (χ2n) is 5.17. The Bertz CT molecular complexity index is 1060. The number of hydrogen-bond donors (Lipinski definition) is 1. The molecular formula is C14H11NNa2O9S2. The summed E-state index contributed by atoms with van der Waals surface area (Å²) in [6.45, 7) is 2.12. The van der Waals surface area contributed by atoms with E-state index >= 15 is 0 Å².